The van der Waals surface area contributed by atoms with E-state index in [0.29, 0.717) is 5.69 Å². The van der Waals surface area contributed by atoms with Crippen LogP contribution in [0, 0.1) is 5.82 Å². The summed E-state index contributed by atoms with van der Waals surface area (Å²) in [6.45, 7) is 0.786. The van der Waals surface area contributed by atoms with E-state index in [1.807, 2.05) is 30.2 Å². The molecule has 1 aliphatic rings. The highest BCUT2D eigenvalue weighted by molar-refractivity contribution is 14.0. The highest BCUT2D eigenvalue weighted by atomic mass is 127. The smallest absolute Gasteiger partial charge is 0.147 e. The maximum atomic E-state index is 13.2. The van der Waals surface area contributed by atoms with Crippen molar-refractivity contribution in [2.24, 2.45) is 0 Å². The Morgan fingerprint density at radius 2 is 2.15 bits per heavy atom. The molecule has 1 aliphatic heterocycles. The van der Waals surface area contributed by atoms with Crippen molar-refractivity contribution >= 4 is 35.7 Å². The van der Waals surface area contributed by atoms with E-state index in [9.17, 15) is 4.39 Å². The lowest BCUT2D eigenvalue weighted by molar-refractivity contribution is 0.624. The number of fused-ring (bicyclic) bond motifs is 1. The second-order valence-corrected chi connectivity index (χ2v) is 2.96. The van der Waals surface area contributed by atoms with Gasteiger partial charge in [-0.1, -0.05) is 24.3 Å². The van der Waals surface area contributed by atoms with Crippen molar-refractivity contribution in [2.75, 3.05) is 18.5 Å². The largest absolute Gasteiger partial charge is 0.368 e. The third kappa shape index (κ3) is 1.85. The first-order chi connectivity index (χ1) is 5.79. The minimum atomic E-state index is -0.139. The maximum absolute atomic E-state index is 13.2. The zero-order chi connectivity index (χ0) is 8.55. The van der Waals surface area contributed by atoms with E-state index in [4.69, 9.17) is 0 Å². The molecule has 0 N–H and O–H groups in total. The average Bonchev–Trinajstić information content (AvgIpc) is 2.04. The molecule has 0 saturated carbocycles. The number of hydrogen-bond acceptors (Lipinski definition) is 1. The van der Waals surface area contributed by atoms with Crippen LogP contribution in [-0.2, 0) is 0 Å². The summed E-state index contributed by atoms with van der Waals surface area (Å²) < 4.78 is 13.2. The Balaban J connectivity index is 0.000000845. The Morgan fingerprint density at radius 1 is 1.38 bits per heavy atom. The van der Waals surface area contributed by atoms with Crippen LogP contribution in [0.4, 0.5) is 10.1 Å². The van der Waals surface area contributed by atoms with Crippen molar-refractivity contribution in [2.45, 2.75) is 0 Å². The summed E-state index contributed by atoms with van der Waals surface area (Å²) in [5.74, 6) is -0.139. The molecule has 0 atom stereocenters. The second kappa shape index (κ2) is 4.09. The fourth-order valence-electron chi connectivity index (χ4n) is 1.50. The van der Waals surface area contributed by atoms with Crippen molar-refractivity contribution in [1.82, 2.24) is 0 Å². The molecule has 0 fully saturated rings. The molecule has 0 spiro atoms. The van der Waals surface area contributed by atoms with Gasteiger partial charge in [-0.25, -0.2) is 4.39 Å². The van der Waals surface area contributed by atoms with Crippen molar-refractivity contribution < 1.29 is 4.39 Å². The first-order valence-corrected chi connectivity index (χ1v) is 3.95. The lowest BCUT2D eigenvalue weighted by Gasteiger charge is -2.23. The van der Waals surface area contributed by atoms with E-state index in [0.717, 1.165) is 12.1 Å². The van der Waals surface area contributed by atoms with Gasteiger partial charge in [0.15, 0.2) is 0 Å². The number of rotatable bonds is 0. The molecule has 0 aliphatic carbocycles. The Kier molecular flexibility index (Phi) is 3.30. The summed E-state index contributed by atoms with van der Waals surface area (Å²) >= 11 is 0. The zero-order valence-electron chi connectivity index (χ0n) is 7.33. The van der Waals surface area contributed by atoms with Crippen molar-refractivity contribution in [3.8, 4) is 0 Å². The lowest BCUT2D eigenvalue weighted by Crippen LogP contribution is -2.21. The molecular weight excluding hydrogens is 280 g/mol. The topological polar surface area (TPSA) is 3.24 Å². The normalized spacial score (nSPS) is 13.5. The molecule has 0 amide bonds. The minimum Gasteiger partial charge on any atom is -0.368 e. The first-order valence-electron chi connectivity index (χ1n) is 3.95. The molecule has 0 unspecified atom stereocenters. The summed E-state index contributed by atoms with van der Waals surface area (Å²) in [6.07, 6.45) is 3.99. The molecule has 1 nitrogen and oxygen atoms in total. The molecule has 1 heterocycles. The Bertz CT molecular complexity index is 336. The van der Waals surface area contributed by atoms with E-state index < -0.39 is 0 Å². The van der Waals surface area contributed by atoms with Crippen LogP contribution in [0.2, 0.25) is 0 Å². The van der Waals surface area contributed by atoms with E-state index in [1.54, 1.807) is 6.07 Å². The van der Waals surface area contributed by atoms with E-state index >= 15 is 0 Å². The van der Waals surface area contributed by atoms with Crippen LogP contribution in [-0.4, -0.2) is 13.6 Å². The van der Waals surface area contributed by atoms with Crippen molar-refractivity contribution in [3.63, 3.8) is 0 Å². The lowest BCUT2D eigenvalue weighted by atomic mass is 10.1. The number of halogens is 2. The van der Waals surface area contributed by atoms with Crippen LogP contribution >= 0.6 is 24.0 Å². The average molecular weight is 291 g/mol. The van der Waals surface area contributed by atoms with Gasteiger partial charge in [-0.3, -0.25) is 0 Å². The molecule has 70 valence electrons. The van der Waals surface area contributed by atoms with E-state index in [2.05, 4.69) is 0 Å². The minimum absolute atomic E-state index is 0. The van der Waals surface area contributed by atoms with Gasteiger partial charge in [0.1, 0.15) is 5.82 Å². The van der Waals surface area contributed by atoms with Gasteiger partial charge in [-0.2, -0.15) is 0 Å². The monoisotopic (exact) mass is 291 g/mol. The van der Waals surface area contributed by atoms with Crippen LogP contribution < -0.4 is 4.90 Å². The van der Waals surface area contributed by atoms with Gasteiger partial charge in [-0.05, 0) is 6.07 Å². The quantitative estimate of drug-likeness (QED) is 0.664. The van der Waals surface area contributed by atoms with Gasteiger partial charge in [0, 0.05) is 19.2 Å². The van der Waals surface area contributed by atoms with Crippen LogP contribution in [0.1, 0.15) is 5.56 Å². The van der Waals surface area contributed by atoms with Gasteiger partial charge in [-0.15, -0.1) is 24.0 Å². The number of benzene rings is 1. The highest BCUT2D eigenvalue weighted by Gasteiger charge is 2.12. The van der Waals surface area contributed by atoms with E-state index in [-0.39, 0.29) is 29.8 Å². The van der Waals surface area contributed by atoms with Crippen LogP contribution in [0.3, 0.4) is 0 Å². The first kappa shape index (κ1) is 10.5. The maximum Gasteiger partial charge on any atom is 0.147 e. The van der Waals surface area contributed by atoms with Crippen molar-refractivity contribution in [3.05, 3.63) is 35.7 Å². The Labute approximate surface area is 94.3 Å². The van der Waals surface area contributed by atoms with Gasteiger partial charge >= 0.3 is 0 Å². The fraction of sp³-hybridized carbons (Fsp3) is 0.200. The van der Waals surface area contributed by atoms with Gasteiger partial charge in [0.2, 0.25) is 0 Å². The zero-order valence-corrected chi connectivity index (χ0v) is 9.66. The SMILES string of the molecule is CN1CC=Cc2cccc(F)c21.I. The standard InChI is InChI=1S/C10H10FN.HI/c1-12-7-3-5-8-4-2-6-9(11)10(8)12;/h2-6H,7H2,1H3;1H. The molecular formula is C10H11FIN. The van der Waals surface area contributed by atoms with Gasteiger partial charge < -0.3 is 4.90 Å². The predicted molar refractivity (Wildman–Crippen MR) is 64.1 cm³/mol. The molecule has 3 heteroatoms. The summed E-state index contributed by atoms with van der Waals surface area (Å²) in [6, 6.07) is 5.15. The Hall–Kier alpha value is -0.580. The summed E-state index contributed by atoms with van der Waals surface area (Å²) in [5.41, 5.74) is 1.67. The molecule has 2 rings (SSSR count). The summed E-state index contributed by atoms with van der Waals surface area (Å²) in [7, 11) is 1.89. The molecule has 0 saturated heterocycles. The Morgan fingerprint density at radius 3 is 2.85 bits per heavy atom. The number of hydrogen-bond donors (Lipinski definition) is 0. The van der Waals surface area contributed by atoms with Crippen LogP contribution in [0.25, 0.3) is 6.08 Å². The van der Waals surface area contributed by atoms with Crippen LogP contribution in [0.15, 0.2) is 24.3 Å². The molecule has 0 bridgehead atoms. The number of nitrogens with zero attached hydrogens (tertiary/aromatic N) is 1. The predicted octanol–water partition coefficient (Wildman–Crippen LogP) is 2.91. The number of anilines is 1. The molecule has 13 heavy (non-hydrogen) atoms. The third-order valence-electron chi connectivity index (χ3n) is 2.08. The number of likely N-dealkylation sites (N-methyl/N-ethyl adjacent to an activating group) is 1. The molecule has 1 aromatic rings. The highest BCUT2D eigenvalue weighted by Crippen LogP contribution is 2.27. The summed E-state index contributed by atoms with van der Waals surface area (Å²) in [4.78, 5) is 1.91. The van der Waals surface area contributed by atoms with Crippen LogP contribution in [0.5, 0.6) is 0 Å². The molecule has 0 aromatic heterocycles. The molecule has 1 aromatic carbocycles. The van der Waals surface area contributed by atoms with Gasteiger partial charge in [0.25, 0.3) is 0 Å². The molecule has 0 radical (unpaired) electrons. The van der Waals surface area contributed by atoms with Crippen molar-refractivity contribution in [1.29, 1.82) is 0 Å². The second-order valence-electron chi connectivity index (χ2n) is 2.96. The van der Waals surface area contributed by atoms with Gasteiger partial charge in [0.05, 0.1) is 5.69 Å². The van der Waals surface area contributed by atoms with E-state index in [1.165, 1.54) is 6.07 Å². The fourth-order valence-corrected chi connectivity index (χ4v) is 1.50. The number of para-hydroxylation sites is 1. The third-order valence-corrected chi connectivity index (χ3v) is 2.08. The summed E-state index contributed by atoms with van der Waals surface area (Å²) in [5, 5.41) is 0.